The first-order valence-electron chi connectivity index (χ1n) is 7.69. The lowest BCUT2D eigenvalue weighted by molar-refractivity contribution is -0.384. The van der Waals surface area contributed by atoms with Crippen molar-refractivity contribution in [2.75, 3.05) is 12.4 Å². The first kappa shape index (κ1) is 18.3. The maximum atomic E-state index is 12.4. The van der Waals surface area contributed by atoms with E-state index in [4.69, 9.17) is 9.47 Å². The van der Waals surface area contributed by atoms with Crippen molar-refractivity contribution >= 4 is 17.3 Å². The quantitative estimate of drug-likeness (QED) is 0.638. The molecule has 0 heterocycles. The Morgan fingerprint density at radius 3 is 2.56 bits per heavy atom. The van der Waals surface area contributed by atoms with Crippen LogP contribution in [0.4, 0.5) is 11.4 Å². The Labute approximate surface area is 145 Å². The molecule has 1 N–H and O–H groups in total. The summed E-state index contributed by atoms with van der Waals surface area (Å²) in [5.74, 6) is 0.463. The lowest BCUT2D eigenvalue weighted by Gasteiger charge is -2.17. The largest absolute Gasteiger partial charge is 0.496 e. The molecule has 7 heteroatoms. The predicted octanol–water partition coefficient (Wildman–Crippen LogP) is 3.63. The van der Waals surface area contributed by atoms with Crippen molar-refractivity contribution in [3.05, 3.63) is 57.6 Å². The van der Waals surface area contributed by atoms with Crippen LogP contribution in [0.3, 0.4) is 0 Å². The minimum absolute atomic E-state index is 0.0900. The summed E-state index contributed by atoms with van der Waals surface area (Å²) < 4.78 is 10.7. The predicted molar refractivity (Wildman–Crippen MR) is 94.3 cm³/mol. The molecule has 1 amide bonds. The first-order chi connectivity index (χ1) is 11.8. The van der Waals surface area contributed by atoms with Gasteiger partial charge in [0, 0.05) is 0 Å². The van der Waals surface area contributed by atoms with E-state index < -0.39 is 16.9 Å². The molecule has 0 saturated carbocycles. The average molecular weight is 344 g/mol. The molecule has 2 rings (SSSR count). The topological polar surface area (TPSA) is 90.7 Å². The van der Waals surface area contributed by atoms with Crippen molar-refractivity contribution < 1.29 is 19.2 Å². The van der Waals surface area contributed by atoms with Gasteiger partial charge in [0.15, 0.2) is 6.10 Å². The maximum absolute atomic E-state index is 12.4. The zero-order chi connectivity index (χ0) is 18.6. The van der Waals surface area contributed by atoms with Crippen molar-refractivity contribution in [1.82, 2.24) is 0 Å². The zero-order valence-electron chi connectivity index (χ0n) is 14.5. The number of rotatable bonds is 6. The fraction of sp³-hybridized carbons (Fsp3) is 0.278. The number of hydrogen-bond donors (Lipinski definition) is 1. The Morgan fingerprint density at radius 1 is 1.20 bits per heavy atom. The fourth-order valence-corrected chi connectivity index (χ4v) is 2.21. The number of nitro benzene ring substituents is 1. The molecule has 0 aromatic heterocycles. The normalized spacial score (nSPS) is 11.5. The third-order valence-corrected chi connectivity index (χ3v) is 3.68. The molecule has 2 aromatic rings. The maximum Gasteiger partial charge on any atom is 0.296 e. The molecule has 0 fully saturated rings. The van der Waals surface area contributed by atoms with Crippen molar-refractivity contribution in [1.29, 1.82) is 0 Å². The van der Waals surface area contributed by atoms with Gasteiger partial charge < -0.3 is 14.8 Å². The molecule has 7 nitrogen and oxygen atoms in total. The van der Waals surface area contributed by atoms with Crippen LogP contribution >= 0.6 is 0 Å². The third-order valence-electron chi connectivity index (χ3n) is 3.68. The molecule has 0 bridgehead atoms. The van der Waals surface area contributed by atoms with Gasteiger partial charge in [-0.1, -0.05) is 12.1 Å². The van der Waals surface area contributed by atoms with Crippen LogP contribution in [0.15, 0.2) is 36.4 Å². The van der Waals surface area contributed by atoms with Gasteiger partial charge >= 0.3 is 0 Å². The van der Waals surface area contributed by atoms with E-state index in [1.54, 1.807) is 13.0 Å². The summed E-state index contributed by atoms with van der Waals surface area (Å²) in [6, 6.07) is 9.93. The number of anilines is 1. The SMILES string of the molecule is COc1ccc(NC(=O)C(C)Oc2cc(C)ccc2C)c([N+](=O)[O-])c1. The summed E-state index contributed by atoms with van der Waals surface area (Å²) in [4.78, 5) is 23.0. The van der Waals surface area contributed by atoms with E-state index in [-0.39, 0.29) is 11.4 Å². The summed E-state index contributed by atoms with van der Waals surface area (Å²) in [5, 5.41) is 13.7. The Morgan fingerprint density at radius 2 is 1.92 bits per heavy atom. The van der Waals surface area contributed by atoms with Gasteiger partial charge in [-0.05, 0) is 50.1 Å². The van der Waals surface area contributed by atoms with Crippen LogP contribution in [0, 0.1) is 24.0 Å². The zero-order valence-corrected chi connectivity index (χ0v) is 14.5. The second-order valence-corrected chi connectivity index (χ2v) is 5.66. The average Bonchev–Trinajstić information content (AvgIpc) is 2.58. The summed E-state index contributed by atoms with van der Waals surface area (Å²) in [7, 11) is 1.41. The van der Waals surface area contributed by atoms with Gasteiger partial charge in [0.2, 0.25) is 0 Å². The van der Waals surface area contributed by atoms with Gasteiger partial charge in [0.25, 0.3) is 11.6 Å². The molecule has 25 heavy (non-hydrogen) atoms. The molecular weight excluding hydrogens is 324 g/mol. The molecule has 0 aliphatic heterocycles. The van der Waals surface area contributed by atoms with Crippen LogP contribution in [0.2, 0.25) is 0 Å². The van der Waals surface area contributed by atoms with Crippen LogP contribution in [0.5, 0.6) is 11.5 Å². The van der Waals surface area contributed by atoms with E-state index in [0.29, 0.717) is 11.5 Å². The first-order valence-corrected chi connectivity index (χ1v) is 7.69. The number of ether oxygens (including phenoxy) is 2. The molecule has 132 valence electrons. The lowest BCUT2D eigenvalue weighted by atomic mass is 10.1. The van der Waals surface area contributed by atoms with Crippen LogP contribution in [-0.2, 0) is 4.79 Å². The Bertz CT molecular complexity index is 804. The van der Waals surface area contributed by atoms with E-state index in [1.165, 1.54) is 19.2 Å². The van der Waals surface area contributed by atoms with E-state index in [2.05, 4.69) is 5.32 Å². The standard InChI is InChI=1S/C18H20N2O5/c1-11-5-6-12(2)17(9-11)25-13(3)18(21)19-15-8-7-14(24-4)10-16(15)20(22)23/h5-10,13H,1-4H3,(H,19,21). The van der Waals surface area contributed by atoms with Crippen LogP contribution < -0.4 is 14.8 Å². The third kappa shape index (κ3) is 4.47. The Kier molecular flexibility index (Phi) is 5.59. The van der Waals surface area contributed by atoms with Gasteiger partial charge in [-0.2, -0.15) is 0 Å². The van der Waals surface area contributed by atoms with Crippen molar-refractivity contribution in [3.63, 3.8) is 0 Å². The number of nitrogens with one attached hydrogen (secondary N) is 1. The van der Waals surface area contributed by atoms with E-state index in [0.717, 1.165) is 11.1 Å². The summed E-state index contributed by atoms with van der Waals surface area (Å²) >= 11 is 0. The van der Waals surface area contributed by atoms with Gasteiger partial charge in [-0.15, -0.1) is 0 Å². The van der Waals surface area contributed by atoms with Crippen LogP contribution in [0.25, 0.3) is 0 Å². The number of methoxy groups -OCH3 is 1. The summed E-state index contributed by atoms with van der Waals surface area (Å²) in [5.41, 5.74) is 1.76. The Hall–Kier alpha value is -3.09. The van der Waals surface area contributed by atoms with Gasteiger partial charge in [-0.25, -0.2) is 0 Å². The minimum Gasteiger partial charge on any atom is -0.496 e. The second-order valence-electron chi connectivity index (χ2n) is 5.66. The molecule has 2 aromatic carbocycles. The Balaban J connectivity index is 2.16. The van der Waals surface area contributed by atoms with E-state index in [9.17, 15) is 14.9 Å². The fourth-order valence-electron chi connectivity index (χ4n) is 2.21. The number of nitrogens with zero attached hydrogens (tertiary/aromatic N) is 1. The molecular formula is C18H20N2O5. The number of nitro groups is 1. The van der Waals surface area contributed by atoms with Crippen molar-refractivity contribution in [3.8, 4) is 11.5 Å². The molecule has 1 unspecified atom stereocenters. The smallest absolute Gasteiger partial charge is 0.296 e. The van der Waals surface area contributed by atoms with Crippen LogP contribution in [0.1, 0.15) is 18.1 Å². The highest BCUT2D eigenvalue weighted by molar-refractivity contribution is 5.96. The minimum atomic E-state index is -0.817. The highest BCUT2D eigenvalue weighted by Gasteiger charge is 2.21. The molecule has 0 aliphatic rings. The van der Waals surface area contributed by atoms with Gasteiger partial charge in [0.1, 0.15) is 17.2 Å². The number of carbonyl (C=O) groups excluding carboxylic acids is 1. The monoisotopic (exact) mass is 344 g/mol. The highest BCUT2D eigenvalue weighted by atomic mass is 16.6. The number of aryl methyl sites for hydroxylation is 2. The van der Waals surface area contributed by atoms with Crippen molar-refractivity contribution in [2.45, 2.75) is 26.9 Å². The highest BCUT2D eigenvalue weighted by Crippen LogP contribution is 2.29. The van der Waals surface area contributed by atoms with Gasteiger partial charge in [0.05, 0.1) is 18.1 Å². The number of benzene rings is 2. The van der Waals surface area contributed by atoms with E-state index >= 15 is 0 Å². The molecule has 0 spiro atoms. The van der Waals surface area contributed by atoms with Crippen molar-refractivity contribution in [2.24, 2.45) is 0 Å². The van der Waals surface area contributed by atoms with Gasteiger partial charge in [-0.3, -0.25) is 14.9 Å². The van der Waals surface area contributed by atoms with Crippen LogP contribution in [-0.4, -0.2) is 24.0 Å². The van der Waals surface area contributed by atoms with E-state index in [1.807, 2.05) is 32.0 Å². The lowest BCUT2D eigenvalue weighted by Crippen LogP contribution is -2.30. The number of hydrogen-bond acceptors (Lipinski definition) is 5. The number of amides is 1. The number of carbonyl (C=O) groups is 1. The second kappa shape index (κ2) is 7.65. The molecule has 0 saturated heterocycles. The summed E-state index contributed by atoms with van der Waals surface area (Å²) in [6.45, 7) is 5.40. The molecule has 1 atom stereocenters. The summed E-state index contributed by atoms with van der Waals surface area (Å²) in [6.07, 6.45) is -0.817. The molecule has 0 aliphatic carbocycles. The molecule has 0 radical (unpaired) electrons.